The van der Waals surface area contributed by atoms with Crippen molar-refractivity contribution in [2.75, 3.05) is 6.61 Å². The lowest BCUT2D eigenvalue weighted by Crippen LogP contribution is -2.34. The van der Waals surface area contributed by atoms with Crippen LogP contribution in [0.1, 0.15) is 31.7 Å². The number of carbonyl (C=O) groups is 2. The van der Waals surface area contributed by atoms with E-state index in [9.17, 15) is 24.1 Å². The minimum atomic E-state index is -1.26. The molecule has 0 radical (unpaired) electrons. The zero-order valence-electron chi connectivity index (χ0n) is 11.7. The molecule has 0 aliphatic carbocycles. The Labute approximate surface area is 121 Å². The molecule has 1 rings (SSSR count). The van der Waals surface area contributed by atoms with Crippen molar-refractivity contribution in [2.45, 2.75) is 32.2 Å². The summed E-state index contributed by atoms with van der Waals surface area (Å²) in [5, 5.41) is 11.2. The van der Waals surface area contributed by atoms with Crippen LogP contribution < -0.4 is 0 Å². The van der Waals surface area contributed by atoms with Gasteiger partial charge in [-0.2, -0.15) is 0 Å². The highest BCUT2D eigenvalue weighted by atomic mass is 19.1. The first-order valence-corrected chi connectivity index (χ1v) is 6.33. The van der Waals surface area contributed by atoms with Gasteiger partial charge in [-0.05, 0) is 24.6 Å². The molecule has 0 saturated carbocycles. The van der Waals surface area contributed by atoms with Gasteiger partial charge in [-0.3, -0.25) is 14.9 Å². The summed E-state index contributed by atoms with van der Waals surface area (Å²) in [6.45, 7) is 2.03. The average Bonchev–Trinajstić information content (AvgIpc) is 2.37. The van der Waals surface area contributed by atoms with E-state index in [0.29, 0.717) is 5.56 Å². The average molecular weight is 297 g/mol. The second-order valence-electron chi connectivity index (χ2n) is 4.72. The maximum absolute atomic E-state index is 13.0. The summed E-state index contributed by atoms with van der Waals surface area (Å²) in [7, 11) is 0. The SMILES string of the molecule is CC(=O)C[C@@H](c1ccc(F)cc1)[C@@H](COC(C)=O)[N+](=O)[O-]. The Morgan fingerprint density at radius 1 is 1.29 bits per heavy atom. The minimum Gasteiger partial charge on any atom is -0.459 e. The fraction of sp³-hybridized carbons (Fsp3) is 0.429. The highest BCUT2D eigenvalue weighted by Crippen LogP contribution is 2.26. The number of rotatable bonds is 7. The quantitative estimate of drug-likeness (QED) is 0.437. The second-order valence-corrected chi connectivity index (χ2v) is 4.72. The molecule has 0 unspecified atom stereocenters. The molecule has 0 fully saturated rings. The summed E-state index contributed by atoms with van der Waals surface area (Å²) in [6.07, 6.45) is -0.0848. The van der Waals surface area contributed by atoms with E-state index in [1.807, 2.05) is 0 Å². The van der Waals surface area contributed by atoms with Crippen LogP contribution in [0.2, 0.25) is 0 Å². The molecule has 114 valence electrons. The fourth-order valence-corrected chi connectivity index (χ4v) is 2.02. The third kappa shape index (κ3) is 5.29. The predicted molar refractivity (Wildman–Crippen MR) is 71.9 cm³/mol. The zero-order valence-corrected chi connectivity index (χ0v) is 11.7. The molecule has 1 aromatic rings. The molecule has 7 heteroatoms. The fourth-order valence-electron chi connectivity index (χ4n) is 2.02. The van der Waals surface area contributed by atoms with Crippen molar-refractivity contribution in [1.82, 2.24) is 0 Å². The van der Waals surface area contributed by atoms with Crippen molar-refractivity contribution < 1.29 is 23.6 Å². The number of ketones is 1. The maximum atomic E-state index is 13.0. The molecular weight excluding hydrogens is 281 g/mol. The van der Waals surface area contributed by atoms with Gasteiger partial charge in [0.15, 0.2) is 6.61 Å². The van der Waals surface area contributed by atoms with Gasteiger partial charge < -0.3 is 9.53 Å². The van der Waals surface area contributed by atoms with Crippen LogP contribution in [0.3, 0.4) is 0 Å². The van der Waals surface area contributed by atoms with Crippen molar-refractivity contribution in [2.24, 2.45) is 0 Å². The van der Waals surface area contributed by atoms with Gasteiger partial charge in [0.1, 0.15) is 11.6 Å². The van der Waals surface area contributed by atoms with Crippen LogP contribution in [-0.2, 0) is 14.3 Å². The van der Waals surface area contributed by atoms with Gasteiger partial charge in [0, 0.05) is 18.3 Å². The van der Waals surface area contributed by atoms with Crippen molar-refractivity contribution >= 4 is 11.8 Å². The smallest absolute Gasteiger partial charge is 0.302 e. The molecule has 1 aromatic carbocycles. The molecule has 0 spiro atoms. The number of nitrogens with zero attached hydrogens (tertiary/aromatic N) is 1. The number of esters is 1. The van der Waals surface area contributed by atoms with Gasteiger partial charge in [-0.25, -0.2) is 4.39 Å². The van der Waals surface area contributed by atoms with Gasteiger partial charge >= 0.3 is 5.97 Å². The van der Waals surface area contributed by atoms with E-state index in [0.717, 1.165) is 6.92 Å². The summed E-state index contributed by atoms with van der Waals surface area (Å²) in [5.41, 5.74) is 0.459. The molecule has 0 aromatic heterocycles. The Kier molecular flexibility index (Phi) is 5.95. The van der Waals surface area contributed by atoms with Gasteiger partial charge in [0.05, 0.1) is 5.92 Å². The number of hydrogen-bond donors (Lipinski definition) is 0. The number of ether oxygens (including phenoxy) is 1. The number of halogens is 1. The van der Waals surface area contributed by atoms with E-state index in [-0.39, 0.29) is 12.2 Å². The topological polar surface area (TPSA) is 86.5 Å². The lowest BCUT2D eigenvalue weighted by atomic mass is 9.88. The first-order chi connectivity index (χ1) is 9.81. The Bertz CT molecular complexity index is 529. The van der Waals surface area contributed by atoms with Gasteiger partial charge in [-0.1, -0.05) is 12.1 Å². The third-order valence-electron chi connectivity index (χ3n) is 3.00. The number of Topliss-reactive ketones (excluding diaryl/α,β-unsaturated/α-hetero) is 1. The summed E-state index contributed by atoms with van der Waals surface area (Å²) in [4.78, 5) is 32.8. The first kappa shape index (κ1) is 16.7. The van der Waals surface area contributed by atoms with Crippen LogP contribution in [-0.4, -0.2) is 29.3 Å². The van der Waals surface area contributed by atoms with E-state index < -0.39 is 35.3 Å². The summed E-state index contributed by atoms with van der Waals surface area (Å²) < 4.78 is 17.7. The van der Waals surface area contributed by atoms with Gasteiger partial charge in [0.2, 0.25) is 0 Å². The summed E-state index contributed by atoms with van der Waals surface area (Å²) >= 11 is 0. The highest BCUT2D eigenvalue weighted by molar-refractivity contribution is 5.76. The van der Waals surface area contributed by atoms with Crippen LogP contribution >= 0.6 is 0 Å². The highest BCUT2D eigenvalue weighted by Gasteiger charge is 2.34. The number of benzene rings is 1. The van der Waals surface area contributed by atoms with Crippen molar-refractivity contribution in [3.8, 4) is 0 Å². The Balaban J connectivity index is 3.07. The Hall–Kier alpha value is -2.31. The van der Waals surface area contributed by atoms with Gasteiger partial charge in [-0.15, -0.1) is 0 Å². The largest absolute Gasteiger partial charge is 0.459 e. The first-order valence-electron chi connectivity index (χ1n) is 6.33. The van der Waals surface area contributed by atoms with Crippen LogP contribution in [0.15, 0.2) is 24.3 Å². The van der Waals surface area contributed by atoms with E-state index in [4.69, 9.17) is 4.74 Å². The zero-order chi connectivity index (χ0) is 16.0. The molecule has 0 bridgehead atoms. The molecule has 21 heavy (non-hydrogen) atoms. The van der Waals surface area contributed by atoms with Gasteiger partial charge in [0.25, 0.3) is 6.04 Å². The molecule has 6 nitrogen and oxygen atoms in total. The molecular formula is C14H16FNO5. The maximum Gasteiger partial charge on any atom is 0.302 e. The Morgan fingerprint density at radius 2 is 1.86 bits per heavy atom. The van der Waals surface area contributed by atoms with Crippen LogP contribution in [0, 0.1) is 15.9 Å². The summed E-state index contributed by atoms with van der Waals surface area (Å²) in [5.74, 6) is -2.13. The van der Waals surface area contributed by atoms with Crippen molar-refractivity contribution in [3.05, 3.63) is 45.8 Å². The standard InChI is InChI=1S/C14H16FNO5/c1-9(17)7-13(11-3-5-12(15)6-4-11)14(16(19)20)8-21-10(2)18/h3-6,13-14H,7-8H2,1-2H3/t13-,14+/m0/s1. The number of hydrogen-bond acceptors (Lipinski definition) is 5. The molecule has 0 saturated heterocycles. The van der Waals surface area contributed by atoms with Crippen LogP contribution in [0.4, 0.5) is 4.39 Å². The monoisotopic (exact) mass is 297 g/mol. The number of nitro groups is 1. The van der Waals surface area contributed by atoms with E-state index in [1.165, 1.54) is 31.2 Å². The Morgan fingerprint density at radius 3 is 2.29 bits per heavy atom. The lowest BCUT2D eigenvalue weighted by Gasteiger charge is -2.20. The molecule has 0 aliphatic heterocycles. The summed E-state index contributed by atoms with van der Waals surface area (Å²) in [6, 6.07) is 3.88. The van der Waals surface area contributed by atoms with E-state index >= 15 is 0 Å². The third-order valence-corrected chi connectivity index (χ3v) is 3.00. The molecule has 0 heterocycles. The van der Waals surface area contributed by atoms with Crippen molar-refractivity contribution in [1.29, 1.82) is 0 Å². The van der Waals surface area contributed by atoms with E-state index in [2.05, 4.69) is 0 Å². The molecule has 0 amide bonds. The molecule has 0 N–H and O–H groups in total. The van der Waals surface area contributed by atoms with Crippen LogP contribution in [0.5, 0.6) is 0 Å². The molecule has 0 aliphatic rings. The predicted octanol–water partition coefficient (Wildman–Crippen LogP) is 2.10. The minimum absolute atomic E-state index is 0.0848. The van der Waals surface area contributed by atoms with E-state index in [1.54, 1.807) is 0 Å². The lowest BCUT2D eigenvalue weighted by molar-refractivity contribution is -0.529. The van der Waals surface area contributed by atoms with Crippen LogP contribution in [0.25, 0.3) is 0 Å². The second kappa shape index (κ2) is 7.47. The molecule has 2 atom stereocenters. The van der Waals surface area contributed by atoms with Crippen molar-refractivity contribution in [3.63, 3.8) is 0 Å². The normalized spacial score (nSPS) is 13.3. The number of carbonyl (C=O) groups excluding carboxylic acids is 2.